The molecule has 0 fully saturated rings. The minimum absolute atomic E-state index is 0.179. The molecule has 0 saturated heterocycles. The maximum atomic E-state index is 5.93. The van der Waals surface area contributed by atoms with Crippen molar-refractivity contribution in [2.24, 2.45) is 0 Å². The van der Waals surface area contributed by atoms with Crippen molar-refractivity contribution in [3.63, 3.8) is 0 Å². The highest BCUT2D eigenvalue weighted by molar-refractivity contribution is 7.99. The first-order valence-electron chi connectivity index (χ1n) is 6.80. The third-order valence-electron chi connectivity index (χ3n) is 3.37. The molecule has 1 aromatic heterocycles. The number of fused-ring (bicyclic) bond motifs is 1. The van der Waals surface area contributed by atoms with Crippen LogP contribution in [0.3, 0.4) is 0 Å². The van der Waals surface area contributed by atoms with Crippen molar-refractivity contribution >= 4 is 34.3 Å². The SMILES string of the molecule is CNC(CSc1ccc(Cl)cc1)c1cc2ccccc2o1. The Labute approximate surface area is 133 Å². The molecule has 3 rings (SSSR count). The fourth-order valence-electron chi connectivity index (χ4n) is 2.19. The number of nitrogens with one attached hydrogen (secondary N) is 1. The molecule has 1 atom stereocenters. The molecule has 108 valence electrons. The average Bonchev–Trinajstić information content (AvgIpc) is 2.93. The van der Waals surface area contributed by atoms with E-state index in [1.165, 1.54) is 4.90 Å². The van der Waals surface area contributed by atoms with Crippen molar-refractivity contribution in [2.45, 2.75) is 10.9 Å². The Morgan fingerprint density at radius 1 is 1.14 bits per heavy atom. The first kappa shape index (κ1) is 14.5. The van der Waals surface area contributed by atoms with Crippen molar-refractivity contribution in [2.75, 3.05) is 12.8 Å². The summed E-state index contributed by atoms with van der Waals surface area (Å²) in [4.78, 5) is 1.20. The Kier molecular flexibility index (Phi) is 4.54. The summed E-state index contributed by atoms with van der Waals surface area (Å²) >= 11 is 7.69. The molecule has 0 aliphatic carbocycles. The molecule has 1 unspecified atom stereocenters. The van der Waals surface area contributed by atoms with E-state index in [-0.39, 0.29) is 6.04 Å². The van der Waals surface area contributed by atoms with Crippen LogP contribution < -0.4 is 5.32 Å². The van der Waals surface area contributed by atoms with Gasteiger partial charge in [0.1, 0.15) is 11.3 Å². The van der Waals surface area contributed by atoms with Gasteiger partial charge in [-0.1, -0.05) is 29.8 Å². The molecule has 0 aliphatic heterocycles. The van der Waals surface area contributed by atoms with Crippen LogP contribution >= 0.6 is 23.4 Å². The molecule has 2 aromatic carbocycles. The molecule has 21 heavy (non-hydrogen) atoms. The van der Waals surface area contributed by atoms with Crippen molar-refractivity contribution in [3.8, 4) is 0 Å². The van der Waals surface area contributed by atoms with Crippen molar-refractivity contribution < 1.29 is 4.42 Å². The Morgan fingerprint density at radius 3 is 2.62 bits per heavy atom. The Morgan fingerprint density at radius 2 is 1.90 bits per heavy atom. The fraction of sp³-hybridized carbons (Fsp3) is 0.176. The first-order chi connectivity index (χ1) is 10.3. The molecule has 0 bridgehead atoms. The molecule has 2 nitrogen and oxygen atoms in total. The van der Waals surface area contributed by atoms with Crippen LogP contribution in [-0.2, 0) is 0 Å². The number of benzene rings is 2. The number of hydrogen-bond acceptors (Lipinski definition) is 3. The Hall–Kier alpha value is -1.42. The number of furan rings is 1. The second-order valence-corrected chi connectivity index (χ2v) is 6.32. The lowest BCUT2D eigenvalue weighted by Gasteiger charge is -2.13. The first-order valence-corrected chi connectivity index (χ1v) is 8.17. The van der Waals surface area contributed by atoms with Crippen LogP contribution in [0, 0.1) is 0 Å². The van der Waals surface area contributed by atoms with Gasteiger partial charge in [0.25, 0.3) is 0 Å². The lowest BCUT2D eigenvalue weighted by molar-refractivity contribution is 0.479. The normalized spacial score (nSPS) is 12.7. The van der Waals surface area contributed by atoms with Crippen LogP contribution in [0.5, 0.6) is 0 Å². The molecular formula is C17H16ClNOS. The lowest BCUT2D eigenvalue weighted by atomic mass is 10.2. The van der Waals surface area contributed by atoms with E-state index in [0.29, 0.717) is 0 Å². The fourth-order valence-corrected chi connectivity index (χ4v) is 3.34. The molecule has 0 aliphatic rings. The summed E-state index contributed by atoms with van der Waals surface area (Å²) < 4.78 is 5.93. The maximum absolute atomic E-state index is 5.93. The summed E-state index contributed by atoms with van der Waals surface area (Å²) in [6.07, 6.45) is 0. The van der Waals surface area contributed by atoms with Gasteiger partial charge in [0, 0.05) is 21.1 Å². The van der Waals surface area contributed by atoms with E-state index in [2.05, 4.69) is 17.4 Å². The lowest BCUT2D eigenvalue weighted by Crippen LogP contribution is -2.17. The quantitative estimate of drug-likeness (QED) is 0.660. The van der Waals surface area contributed by atoms with Gasteiger partial charge in [0.2, 0.25) is 0 Å². The third-order valence-corrected chi connectivity index (χ3v) is 4.72. The summed E-state index contributed by atoms with van der Waals surface area (Å²) in [7, 11) is 1.96. The summed E-state index contributed by atoms with van der Waals surface area (Å²) in [5, 5.41) is 5.23. The molecule has 0 spiro atoms. The van der Waals surface area contributed by atoms with E-state index in [9.17, 15) is 0 Å². The van der Waals surface area contributed by atoms with Gasteiger partial charge in [-0.2, -0.15) is 0 Å². The van der Waals surface area contributed by atoms with Gasteiger partial charge in [0.05, 0.1) is 6.04 Å². The number of rotatable bonds is 5. The van der Waals surface area contributed by atoms with Gasteiger partial charge in [-0.25, -0.2) is 0 Å². The number of hydrogen-bond donors (Lipinski definition) is 1. The summed E-state index contributed by atoms with van der Waals surface area (Å²) in [5.74, 6) is 1.87. The van der Waals surface area contributed by atoms with Gasteiger partial charge in [0.15, 0.2) is 0 Å². The highest BCUT2D eigenvalue weighted by Gasteiger charge is 2.14. The monoisotopic (exact) mass is 317 g/mol. The highest BCUT2D eigenvalue weighted by atomic mass is 35.5. The smallest absolute Gasteiger partial charge is 0.134 e. The van der Waals surface area contributed by atoms with Gasteiger partial charge in [-0.15, -0.1) is 11.8 Å². The van der Waals surface area contributed by atoms with E-state index in [1.807, 2.05) is 49.5 Å². The van der Waals surface area contributed by atoms with Crippen LogP contribution in [0.4, 0.5) is 0 Å². The van der Waals surface area contributed by atoms with Crippen molar-refractivity contribution in [1.82, 2.24) is 5.32 Å². The Balaban J connectivity index is 1.73. The summed E-state index contributed by atoms with van der Waals surface area (Å²) in [6.45, 7) is 0. The molecule has 1 heterocycles. The summed E-state index contributed by atoms with van der Waals surface area (Å²) in [5.41, 5.74) is 0.934. The predicted octanol–water partition coefficient (Wildman–Crippen LogP) is 5.14. The van der Waals surface area contributed by atoms with Gasteiger partial charge < -0.3 is 9.73 Å². The molecule has 1 N–H and O–H groups in total. The van der Waals surface area contributed by atoms with Crippen LogP contribution in [-0.4, -0.2) is 12.8 Å². The van der Waals surface area contributed by atoms with Gasteiger partial charge in [-0.3, -0.25) is 0 Å². The zero-order chi connectivity index (χ0) is 14.7. The van der Waals surface area contributed by atoms with E-state index in [0.717, 1.165) is 27.5 Å². The van der Waals surface area contributed by atoms with E-state index < -0.39 is 0 Å². The minimum Gasteiger partial charge on any atom is -0.459 e. The second-order valence-electron chi connectivity index (χ2n) is 4.79. The number of halogens is 1. The maximum Gasteiger partial charge on any atom is 0.134 e. The standard InChI is InChI=1S/C17H16ClNOS/c1-19-15(11-21-14-8-6-13(18)7-9-14)17-10-12-4-2-3-5-16(12)20-17/h2-10,15,19H,11H2,1H3. The molecule has 0 saturated carbocycles. The molecule has 3 aromatic rings. The van der Waals surface area contributed by atoms with Crippen molar-refractivity contribution in [3.05, 3.63) is 65.4 Å². The van der Waals surface area contributed by atoms with E-state index >= 15 is 0 Å². The average molecular weight is 318 g/mol. The van der Waals surface area contributed by atoms with E-state index in [1.54, 1.807) is 11.8 Å². The topological polar surface area (TPSA) is 25.2 Å². The summed E-state index contributed by atoms with van der Waals surface area (Å²) in [6, 6.07) is 18.3. The molecule has 0 radical (unpaired) electrons. The third kappa shape index (κ3) is 3.43. The van der Waals surface area contributed by atoms with E-state index in [4.69, 9.17) is 16.0 Å². The van der Waals surface area contributed by atoms with Crippen LogP contribution in [0.15, 0.2) is 63.9 Å². The molecule has 0 amide bonds. The van der Waals surface area contributed by atoms with Crippen LogP contribution in [0.2, 0.25) is 5.02 Å². The molecule has 4 heteroatoms. The van der Waals surface area contributed by atoms with Gasteiger partial charge in [-0.05, 0) is 43.4 Å². The van der Waals surface area contributed by atoms with Crippen LogP contribution in [0.1, 0.15) is 11.8 Å². The number of thioether (sulfide) groups is 1. The predicted molar refractivity (Wildman–Crippen MR) is 90.2 cm³/mol. The number of para-hydroxylation sites is 1. The van der Waals surface area contributed by atoms with Gasteiger partial charge >= 0.3 is 0 Å². The minimum atomic E-state index is 0.179. The Bertz CT molecular complexity index is 690. The zero-order valence-electron chi connectivity index (χ0n) is 11.7. The van der Waals surface area contributed by atoms with Crippen LogP contribution in [0.25, 0.3) is 11.0 Å². The second kappa shape index (κ2) is 6.56. The highest BCUT2D eigenvalue weighted by Crippen LogP contribution is 2.29. The van der Waals surface area contributed by atoms with Crippen molar-refractivity contribution in [1.29, 1.82) is 0 Å². The molecular weight excluding hydrogens is 302 g/mol. The zero-order valence-corrected chi connectivity index (χ0v) is 13.2. The largest absolute Gasteiger partial charge is 0.459 e.